The van der Waals surface area contributed by atoms with Crippen molar-refractivity contribution in [2.45, 2.75) is 19.3 Å². The number of rotatable bonds is 9. The van der Waals surface area contributed by atoms with E-state index in [2.05, 4.69) is 20.5 Å². The van der Waals surface area contributed by atoms with Crippen molar-refractivity contribution in [1.82, 2.24) is 15.5 Å². The van der Waals surface area contributed by atoms with Crippen molar-refractivity contribution in [2.24, 2.45) is 16.8 Å². The van der Waals surface area contributed by atoms with Crippen molar-refractivity contribution < 1.29 is 14.3 Å². The second-order valence-corrected chi connectivity index (χ2v) is 6.21. The highest BCUT2D eigenvalue weighted by Crippen LogP contribution is 2.28. The summed E-state index contributed by atoms with van der Waals surface area (Å²) in [5, 5.41) is 6.28. The Morgan fingerprint density at radius 1 is 1.22 bits per heavy atom. The molecule has 1 saturated heterocycles. The molecule has 1 unspecified atom stereocenters. The summed E-state index contributed by atoms with van der Waals surface area (Å²) in [6, 6.07) is 0. The number of methoxy groups -OCH3 is 1. The molecule has 1 saturated carbocycles. The van der Waals surface area contributed by atoms with Crippen molar-refractivity contribution in [1.29, 1.82) is 0 Å². The monoisotopic (exact) mass is 326 g/mol. The Kier molecular flexibility index (Phi) is 7.61. The average molecular weight is 326 g/mol. The first-order valence-electron chi connectivity index (χ1n) is 8.54. The third-order valence-electron chi connectivity index (χ3n) is 4.24. The van der Waals surface area contributed by atoms with E-state index in [4.69, 9.17) is 9.47 Å². The van der Waals surface area contributed by atoms with Gasteiger partial charge in [-0.1, -0.05) is 0 Å². The largest absolute Gasteiger partial charge is 0.382 e. The molecule has 0 aromatic rings. The van der Waals surface area contributed by atoms with Gasteiger partial charge in [-0.05, 0) is 19.3 Å². The van der Waals surface area contributed by atoms with Gasteiger partial charge in [0.2, 0.25) is 5.91 Å². The van der Waals surface area contributed by atoms with Crippen LogP contribution >= 0.6 is 0 Å². The average Bonchev–Trinajstić information content (AvgIpc) is 3.31. The molecule has 7 nitrogen and oxygen atoms in total. The minimum absolute atomic E-state index is 0.191. The molecule has 0 spiro atoms. The van der Waals surface area contributed by atoms with E-state index in [-0.39, 0.29) is 11.8 Å². The molecule has 0 aromatic heterocycles. The number of ether oxygens (including phenoxy) is 2. The highest BCUT2D eigenvalue weighted by atomic mass is 16.5. The van der Waals surface area contributed by atoms with Gasteiger partial charge in [-0.3, -0.25) is 9.79 Å². The third kappa shape index (κ3) is 6.35. The van der Waals surface area contributed by atoms with Crippen molar-refractivity contribution in [3.8, 4) is 0 Å². The maximum atomic E-state index is 11.6. The van der Waals surface area contributed by atoms with Crippen LogP contribution in [-0.2, 0) is 14.3 Å². The highest BCUT2D eigenvalue weighted by Gasteiger charge is 2.29. The molecule has 132 valence electrons. The fraction of sp³-hybridized carbons (Fsp3) is 0.875. The summed E-state index contributed by atoms with van der Waals surface area (Å²) in [7, 11) is 3.48. The van der Waals surface area contributed by atoms with E-state index in [9.17, 15) is 4.79 Å². The first-order valence-corrected chi connectivity index (χ1v) is 8.54. The molecule has 1 aliphatic heterocycles. The van der Waals surface area contributed by atoms with Crippen molar-refractivity contribution >= 4 is 11.9 Å². The first-order chi connectivity index (χ1) is 11.2. The van der Waals surface area contributed by atoms with E-state index >= 15 is 0 Å². The van der Waals surface area contributed by atoms with Crippen LogP contribution in [0.3, 0.4) is 0 Å². The fourth-order valence-corrected chi connectivity index (χ4v) is 2.74. The summed E-state index contributed by atoms with van der Waals surface area (Å²) in [5.41, 5.74) is 0. The molecule has 1 heterocycles. The topological polar surface area (TPSA) is 75.2 Å². The van der Waals surface area contributed by atoms with E-state index < -0.39 is 0 Å². The van der Waals surface area contributed by atoms with Crippen molar-refractivity contribution in [3.63, 3.8) is 0 Å². The maximum Gasteiger partial charge on any atom is 0.223 e. The Balaban J connectivity index is 1.59. The van der Waals surface area contributed by atoms with E-state index in [0.717, 1.165) is 44.9 Å². The number of guanidine groups is 1. The first kappa shape index (κ1) is 18.0. The molecule has 2 fully saturated rings. The summed E-state index contributed by atoms with van der Waals surface area (Å²) in [4.78, 5) is 18.2. The predicted molar refractivity (Wildman–Crippen MR) is 89.5 cm³/mol. The van der Waals surface area contributed by atoms with Crippen molar-refractivity contribution in [3.05, 3.63) is 0 Å². The lowest BCUT2D eigenvalue weighted by Crippen LogP contribution is -2.43. The van der Waals surface area contributed by atoms with Gasteiger partial charge >= 0.3 is 0 Å². The smallest absolute Gasteiger partial charge is 0.223 e. The second-order valence-electron chi connectivity index (χ2n) is 6.21. The number of carbonyl (C=O) groups excluding carboxylic acids is 1. The number of nitrogens with one attached hydrogen (secondary N) is 2. The van der Waals surface area contributed by atoms with Gasteiger partial charge in [-0.15, -0.1) is 0 Å². The van der Waals surface area contributed by atoms with Crippen LogP contribution in [0.4, 0.5) is 0 Å². The molecule has 2 rings (SSSR count). The summed E-state index contributed by atoms with van der Waals surface area (Å²) < 4.78 is 10.6. The van der Waals surface area contributed by atoms with Crippen LogP contribution in [0.25, 0.3) is 0 Å². The molecule has 1 aliphatic carbocycles. The molecule has 0 radical (unpaired) electrons. The quantitative estimate of drug-likeness (QED) is 0.356. The van der Waals surface area contributed by atoms with E-state index in [1.807, 2.05) is 0 Å². The molecule has 1 atom stereocenters. The van der Waals surface area contributed by atoms with Crippen LogP contribution in [0.2, 0.25) is 0 Å². The fourth-order valence-electron chi connectivity index (χ4n) is 2.74. The van der Waals surface area contributed by atoms with Gasteiger partial charge in [-0.2, -0.15) is 0 Å². The molecular formula is C16H30N4O3. The molecular weight excluding hydrogens is 296 g/mol. The minimum atomic E-state index is 0.191. The van der Waals surface area contributed by atoms with Gasteiger partial charge in [0.25, 0.3) is 0 Å². The molecule has 7 heteroatoms. The van der Waals surface area contributed by atoms with Crippen LogP contribution in [0.1, 0.15) is 19.3 Å². The standard InChI is InChI=1S/C16H30N4O3/c1-17-16(19-7-6-18-15(21)14-3-4-14)20-8-5-13(11-20)12-23-10-9-22-2/h13-14H,3-12H2,1-2H3,(H,17,19)(H,18,21). The van der Waals surface area contributed by atoms with Gasteiger partial charge in [0.1, 0.15) is 0 Å². The van der Waals surface area contributed by atoms with E-state index in [1.54, 1.807) is 14.2 Å². The molecule has 2 N–H and O–H groups in total. The van der Waals surface area contributed by atoms with Gasteiger partial charge < -0.3 is 25.0 Å². The molecule has 23 heavy (non-hydrogen) atoms. The second kappa shape index (κ2) is 9.72. The Morgan fingerprint density at radius 3 is 2.70 bits per heavy atom. The van der Waals surface area contributed by atoms with Crippen LogP contribution in [-0.4, -0.2) is 76.9 Å². The summed E-state index contributed by atoms with van der Waals surface area (Å²) >= 11 is 0. The zero-order valence-electron chi connectivity index (χ0n) is 14.3. The number of carbonyl (C=O) groups is 1. The third-order valence-corrected chi connectivity index (χ3v) is 4.24. The predicted octanol–water partition coefficient (Wildman–Crippen LogP) is 0.0729. The van der Waals surface area contributed by atoms with Crippen LogP contribution in [0, 0.1) is 11.8 Å². The molecule has 1 amide bonds. The van der Waals surface area contributed by atoms with Gasteiger partial charge in [0.15, 0.2) is 5.96 Å². The maximum absolute atomic E-state index is 11.6. The normalized spacial score (nSPS) is 21.6. The number of amides is 1. The Hall–Kier alpha value is -1.34. The number of nitrogens with zero attached hydrogens (tertiary/aromatic N) is 2. The van der Waals surface area contributed by atoms with Gasteiger partial charge in [0.05, 0.1) is 19.8 Å². The molecule has 0 aromatic carbocycles. The Bertz CT molecular complexity index is 399. The lowest BCUT2D eigenvalue weighted by molar-refractivity contribution is -0.122. The number of likely N-dealkylation sites (tertiary alicyclic amines) is 1. The zero-order valence-corrected chi connectivity index (χ0v) is 14.3. The summed E-state index contributed by atoms with van der Waals surface area (Å²) in [5.74, 6) is 1.91. The van der Waals surface area contributed by atoms with E-state index in [1.165, 1.54) is 0 Å². The molecule has 2 aliphatic rings. The lowest BCUT2D eigenvalue weighted by Gasteiger charge is -2.21. The van der Waals surface area contributed by atoms with Crippen molar-refractivity contribution in [2.75, 3.05) is 60.2 Å². The Labute approximate surface area is 138 Å². The number of hydrogen-bond donors (Lipinski definition) is 2. The number of aliphatic imine (C=N–C) groups is 1. The van der Waals surface area contributed by atoms with Gasteiger partial charge in [0, 0.05) is 52.2 Å². The molecule has 0 bridgehead atoms. The zero-order chi connectivity index (χ0) is 16.5. The lowest BCUT2D eigenvalue weighted by atomic mass is 10.1. The minimum Gasteiger partial charge on any atom is -0.382 e. The van der Waals surface area contributed by atoms with E-state index in [0.29, 0.717) is 32.2 Å². The van der Waals surface area contributed by atoms with Crippen LogP contribution < -0.4 is 10.6 Å². The summed E-state index contributed by atoms with van der Waals surface area (Å²) in [6.45, 7) is 5.37. The number of hydrogen-bond acceptors (Lipinski definition) is 4. The summed E-state index contributed by atoms with van der Waals surface area (Å²) in [6.07, 6.45) is 3.21. The van der Waals surface area contributed by atoms with Crippen LogP contribution in [0.5, 0.6) is 0 Å². The highest BCUT2D eigenvalue weighted by molar-refractivity contribution is 5.81. The SMILES string of the molecule is CN=C(NCCNC(=O)C1CC1)N1CCC(COCCOC)C1. The Morgan fingerprint density at radius 2 is 2.00 bits per heavy atom. The van der Waals surface area contributed by atoms with Crippen LogP contribution in [0.15, 0.2) is 4.99 Å². The van der Waals surface area contributed by atoms with Gasteiger partial charge in [-0.25, -0.2) is 0 Å².